The van der Waals surface area contributed by atoms with Gasteiger partial charge in [0.15, 0.2) is 0 Å². The number of aryl methyl sites for hydroxylation is 1. The van der Waals surface area contributed by atoms with Gasteiger partial charge in [0.1, 0.15) is 0 Å². The van der Waals surface area contributed by atoms with Crippen LogP contribution in [0.2, 0.25) is 0 Å². The number of rotatable bonds is 5. The average molecular weight is 224 g/mol. The highest BCUT2D eigenvalue weighted by atomic mass is 32.1. The van der Waals surface area contributed by atoms with Crippen LogP contribution in [-0.2, 0) is 6.42 Å². The van der Waals surface area contributed by atoms with Crippen LogP contribution in [-0.4, -0.2) is 11.7 Å². The summed E-state index contributed by atoms with van der Waals surface area (Å²) in [7, 11) is 0. The number of quaternary nitrogens is 1. The van der Waals surface area contributed by atoms with E-state index in [0.29, 0.717) is 5.11 Å². The van der Waals surface area contributed by atoms with Crippen molar-refractivity contribution in [3.8, 4) is 0 Å². The molecule has 3 nitrogen and oxygen atoms in total. The van der Waals surface area contributed by atoms with E-state index in [0.717, 1.165) is 19.4 Å². The van der Waals surface area contributed by atoms with Crippen molar-refractivity contribution in [1.82, 2.24) is 10.7 Å². The minimum atomic E-state index is 0.620. The lowest BCUT2D eigenvalue weighted by atomic mass is 10.1. The second-order valence-electron chi connectivity index (χ2n) is 3.38. The first kappa shape index (κ1) is 11.9. The molecular weight excluding hydrogens is 206 g/mol. The Morgan fingerprint density at radius 1 is 1.20 bits per heavy atom. The maximum atomic E-state index is 4.91. The molecule has 0 atom stereocenters. The summed E-state index contributed by atoms with van der Waals surface area (Å²) >= 11 is 4.91. The van der Waals surface area contributed by atoms with Crippen molar-refractivity contribution in [1.29, 1.82) is 0 Å². The first-order valence-electron chi connectivity index (χ1n) is 5.18. The highest BCUT2D eigenvalue weighted by Crippen LogP contribution is 2.03. The minimum absolute atomic E-state index is 0.620. The van der Waals surface area contributed by atoms with Gasteiger partial charge in [-0.25, -0.2) is 5.43 Å². The van der Waals surface area contributed by atoms with Gasteiger partial charge in [0.05, 0.1) is 0 Å². The van der Waals surface area contributed by atoms with Crippen LogP contribution in [0.1, 0.15) is 18.4 Å². The van der Waals surface area contributed by atoms with Gasteiger partial charge in [-0.2, -0.15) is 0 Å². The highest BCUT2D eigenvalue weighted by molar-refractivity contribution is 7.80. The molecule has 4 heteroatoms. The molecule has 0 spiro atoms. The third-order valence-corrected chi connectivity index (χ3v) is 2.47. The lowest BCUT2D eigenvalue weighted by Gasteiger charge is -2.04. The number of hydrogen-bond acceptors (Lipinski definition) is 1. The van der Waals surface area contributed by atoms with Gasteiger partial charge in [-0.15, -0.1) is 0 Å². The Balaban J connectivity index is 2.05. The van der Waals surface area contributed by atoms with E-state index in [-0.39, 0.29) is 0 Å². The number of unbranched alkanes of at least 4 members (excludes halogenated alkanes) is 1. The van der Waals surface area contributed by atoms with E-state index in [1.807, 2.05) is 6.07 Å². The maximum absolute atomic E-state index is 4.91. The van der Waals surface area contributed by atoms with Gasteiger partial charge >= 0.3 is 0 Å². The van der Waals surface area contributed by atoms with E-state index in [1.165, 1.54) is 12.0 Å². The van der Waals surface area contributed by atoms with E-state index in [1.54, 1.807) is 0 Å². The van der Waals surface area contributed by atoms with Gasteiger partial charge in [-0.1, -0.05) is 30.3 Å². The normalized spacial score (nSPS) is 9.67. The summed E-state index contributed by atoms with van der Waals surface area (Å²) in [6.07, 6.45) is 3.43. The predicted molar refractivity (Wildman–Crippen MR) is 66.0 cm³/mol. The van der Waals surface area contributed by atoms with Gasteiger partial charge in [-0.05, 0) is 37.0 Å². The number of benzene rings is 1. The maximum Gasteiger partial charge on any atom is 0.213 e. The fraction of sp³-hybridized carbons (Fsp3) is 0.364. The van der Waals surface area contributed by atoms with Crippen molar-refractivity contribution >= 4 is 17.3 Å². The third-order valence-electron chi connectivity index (χ3n) is 2.18. The van der Waals surface area contributed by atoms with Gasteiger partial charge in [-0.3, -0.25) is 5.84 Å². The van der Waals surface area contributed by atoms with Crippen LogP contribution in [0.3, 0.4) is 0 Å². The number of nitrogens with one attached hydrogen (secondary N) is 2. The average Bonchev–Trinajstić information content (AvgIpc) is 2.29. The van der Waals surface area contributed by atoms with Crippen molar-refractivity contribution in [2.75, 3.05) is 6.54 Å². The zero-order valence-corrected chi connectivity index (χ0v) is 9.65. The quantitative estimate of drug-likeness (QED) is 0.391. The molecule has 0 aliphatic rings. The largest absolute Gasteiger partial charge is 0.359 e. The zero-order valence-electron chi connectivity index (χ0n) is 8.83. The molecule has 0 radical (unpaired) electrons. The fourth-order valence-corrected chi connectivity index (χ4v) is 1.47. The van der Waals surface area contributed by atoms with Crippen LogP contribution >= 0.6 is 12.2 Å². The summed E-state index contributed by atoms with van der Waals surface area (Å²) in [6, 6.07) is 10.5. The first-order valence-corrected chi connectivity index (χ1v) is 5.58. The van der Waals surface area contributed by atoms with Crippen LogP contribution in [0.15, 0.2) is 30.3 Å². The second-order valence-corrected chi connectivity index (χ2v) is 3.78. The Morgan fingerprint density at radius 3 is 2.60 bits per heavy atom. The lowest BCUT2D eigenvalue weighted by molar-refractivity contribution is -0.419. The fourth-order valence-electron chi connectivity index (χ4n) is 1.36. The van der Waals surface area contributed by atoms with Crippen molar-refractivity contribution in [3.63, 3.8) is 0 Å². The van der Waals surface area contributed by atoms with Crippen molar-refractivity contribution in [2.45, 2.75) is 19.3 Å². The van der Waals surface area contributed by atoms with E-state index in [2.05, 4.69) is 40.9 Å². The molecule has 1 rings (SSSR count). The van der Waals surface area contributed by atoms with Crippen molar-refractivity contribution in [2.24, 2.45) is 0 Å². The molecule has 1 aromatic rings. The molecule has 0 saturated heterocycles. The summed E-state index contributed by atoms with van der Waals surface area (Å²) in [5.41, 5.74) is 4.04. The summed E-state index contributed by atoms with van der Waals surface area (Å²) < 4.78 is 0. The molecule has 0 aromatic heterocycles. The summed E-state index contributed by atoms with van der Waals surface area (Å²) in [5.74, 6) is 3.48. The molecule has 82 valence electrons. The molecule has 0 aliphatic heterocycles. The third kappa shape index (κ3) is 5.34. The molecule has 15 heavy (non-hydrogen) atoms. The number of thiocarbonyl (C=S) groups is 1. The van der Waals surface area contributed by atoms with Gasteiger partial charge in [0.25, 0.3) is 0 Å². The minimum Gasteiger partial charge on any atom is -0.359 e. The van der Waals surface area contributed by atoms with Gasteiger partial charge in [0.2, 0.25) is 5.11 Å². The first-order chi connectivity index (χ1) is 7.33. The molecule has 1 aromatic carbocycles. The van der Waals surface area contributed by atoms with Crippen molar-refractivity contribution in [3.05, 3.63) is 35.9 Å². The summed E-state index contributed by atoms with van der Waals surface area (Å²) in [5, 5.41) is 3.70. The second kappa shape index (κ2) is 7.20. The van der Waals surface area contributed by atoms with Crippen LogP contribution in [0.25, 0.3) is 0 Å². The summed E-state index contributed by atoms with van der Waals surface area (Å²) in [6.45, 7) is 0.911. The van der Waals surface area contributed by atoms with E-state index in [9.17, 15) is 0 Å². The van der Waals surface area contributed by atoms with Crippen LogP contribution in [0.4, 0.5) is 0 Å². The Labute approximate surface area is 96.0 Å². The molecule has 0 bridgehead atoms. The van der Waals surface area contributed by atoms with Crippen LogP contribution in [0.5, 0.6) is 0 Å². The van der Waals surface area contributed by atoms with Crippen LogP contribution < -0.4 is 16.6 Å². The SMILES string of the molecule is [NH3+]NC(=S)NCCCCc1ccccc1. The Bertz CT molecular complexity index is 287. The molecule has 5 N–H and O–H groups in total. The van der Waals surface area contributed by atoms with E-state index < -0.39 is 0 Å². The monoisotopic (exact) mass is 224 g/mol. The van der Waals surface area contributed by atoms with E-state index >= 15 is 0 Å². The molecule has 0 fully saturated rings. The molecule has 0 amide bonds. The molecule has 0 unspecified atom stereocenters. The Kier molecular flexibility index (Phi) is 5.73. The van der Waals surface area contributed by atoms with Crippen LogP contribution in [0, 0.1) is 0 Å². The molecule has 0 aliphatic carbocycles. The number of hydrogen-bond donors (Lipinski definition) is 3. The van der Waals surface area contributed by atoms with E-state index in [4.69, 9.17) is 12.2 Å². The highest BCUT2D eigenvalue weighted by Gasteiger charge is 1.94. The molecule has 0 heterocycles. The zero-order chi connectivity index (χ0) is 10.9. The topological polar surface area (TPSA) is 51.7 Å². The van der Waals surface area contributed by atoms with Gasteiger partial charge in [0, 0.05) is 6.54 Å². The predicted octanol–water partition coefficient (Wildman–Crippen LogP) is 0.630. The Morgan fingerprint density at radius 2 is 1.93 bits per heavy atom. The smallest absolute Gasteiger partial charge is 0.213 e. The summed E-state index contributed by atoms with van der Waals surface area (Å²) in [4.78, 5) is 0. The molecular formula is C11H18N3S+. The van der Waals surface area contributed by atoms with Gasteiger partial charge < -0.3 is 5.32 Å². The standard InChI is InChI=1S/C11H17N3S/c12-14-11(15)13-9-5-4-8-10-6-2-1-3-7-10/h1-3,6-7H,4-5,8-9,12H2,(H2,13,14,15)/p+1. The lowest BCUT2D eigenvalue weighted by Crippen LogP contribution is -2.69. The van der Waals surface area contributed by atoms with Crippen molar-refractivity contribution < 1.29 is 5.84 Å². The Hall–Kier alpha value is -1.13. The molecule has 0 saturated carbocycles.